The van der Waals surface area contributed by atoms with Gasteiger partial charge in [-0.1, -0.05) is 45.1 Å². The van der Waals surface area contributed by atoms with Gasteiger partial charge in [0.2, 0.25) is 0 Å². The van der Waals surface area contributed by atoms with Crippen LogP contribution in [0.15, 0.2) is 36.4 Å². The second-order valence-electron chi connectivity index (χ2n) is 9.07. The van der Waals surface area contributed by atoms with Crippen LogP contribution >= 0.6 is 0 Å². The van der Waals surface area contributed by atoms with Gasteiger partial charge in [0.25, 0.3) is 5.91 Å². The Bertz CT molecular complexity index is 676. The van der Waals surface area contributed by atoms with E-state index < -0.39 is 0 Å². The van der Waals surface area contributed by atoms with Crippen molar-refractivity contribution in [2.45, 2.75) is 65.8 Å². The zero-order chi connectivity index (χ0) is 20.8. The molecule has 2 aliphatic carbocycles. The van der Waals surface area contributed by atoms with Crippen LogP contribution < -0.4 is 0 Å². The zero-order valence-electron chi connectivity index (χ0n) is 18.9. The van der Waals surface area contributed by atoms with Gasteiger partial charge < -0.3 is 9.80 Å². The summed E-state index contributed by atoms with van der Waals surface area (Å²) in [6.45, 7) is 13.1. The first-order chi connectivity index (χ1) is 14.0. The van der Waals surface area contributed by atoms with E-state index in [9.17, 15) is 4.79 Å². The molecule has 4 unspecified atom stereocenters. The quantitative estimate of drug-likeness (QED) is 0.467. The third kappa shape index (κ3) is 5.51. The minimum atomic E-state index is 0.217. The number of rotatable bonds is 11. The van der Waals surface area contributed by atoms with Crippen molar-refractivity contribution in [1.29, 1.82) is 0 Å². The summed E-state index contributed by atoms with van der Waals surface area (Å²) in [5.41, 5.74) is 2.13. The molecule has 3 nitrogen and oxygen atoms in total. The Kier molecular flexibility index (Phi) is 7.94. The molecule has 3 rings (SSSR count). The minimum Gasteiger partial charge on any atom is -0.336 e. The fraction of sp³-hybridized carbons (Fsp3) is 0.654. The van der Waals surface area contributed by atoms with E-state index in [0.717, 1.165) is 56.9 Å². The Labute approximate surface area is 178 Å². The van der Waals surface area contributed by atoms with Crippen molar-refractivity contribution in [1.82, 2.24) is 9.80 Å². The second kappa shape index (κ2) is 10.4. The highest BCUT2D eigenvalue weighted by molar-refractivity contribution is 5.94. The number of carbonyl (C=O) groups is 1. The molecule has 0 heterocycles. The highest BCUT2D eigenvalue weighted by Crippen LogP contribution is 2.44. The van der Waals surface area contributed by atoms with Crippen LogP contribution in [-0.2, 0) is 6.42 Å². The lowest BCUT2D eigenvalue weighted by atomic mass is 9.92. The summed E-state index contributed by atoms with van der Waals surface area (Å²) >= 11 is 0. The third-order valence-electron chi connectivity index (χ3n) is 7.24. The van der Waals surface area contributed by atoms with Crippen LogP contribution in [0.5, 0.6) is 0 Å². The zero-order valence-corrected chi connectivity index (χ0v) is 18.9. The average molecular weight is 397 g/mol. The lowest BCUT2D eigenvalue weighted by Crippen LogP contribution is -2.43. The maximum absolute atomic E-state index is 13.5. The Morgan fingerprint density at radius 3 is 2.34 bits per heavy atom. The molecule has 3 heteroatoms. The van der Waals surface area contributed by atoms with E-state index in [-0.39, 0.29) is 11.9 Å². The van der Waals surface area contributed by atoms with Crippen molar-refractivity contribution in [3.05, 3.63) is 47.5 Å². The summed E-state index contributed by atoms with van der Waals surface area (Å²) < 4.78 is 0. The van der Waals surface area contributed by atoms with Gasteiger partial charge in [-0.2, -0.15) is 0 Å². The number of hydrogen-bond donors (Lipinski definition) is 0. The average Bonchev–Trinajstić information content (AvgIpc) is 3.38. The van der Waals surface area contributed by atoms with Crippen LogP contribution in [0, 0.1) is 17.8 Å². The first-order valence-electron chi connectivity index (χ1n) is 11.9. The number of benzene rings is 1. The molecule has 29 heavy (non-hydrogen) atoms. The fourth-order valence-corrected chi connectivity index (χ4v) is 5.18. The van der Waals surface area contributed by atoms with Gasteiger partial charge in [0.15, 0.2) is 0 Å². The molecule has 0 N–H and O–H groups in total. The molecule has 160 valence electrons. The monoisotopic (exact) mass is 396 g/mol. The smallest absolute Gasteiger partial charge is 0.254 e. The SMILES string of the molecule is CCc1ccc(C(=O)N(CC2CC3C=CC2C3)C(C)CCCN(CC)CC)cc1. The number of nitrogens with zero attached hydrogens (tertiary/aromatic N) is 2. The summed E-state index contributed by atoms with van der Waals surface area (Å²) in [4.78, 5) is 18.2. The van der Waals surface area contributed by atoms with Crippen LogP contribution in [0.25, 0.3) is 0 Å². The summed E-state index contributed by atoms with van der Waals surface area (Å²) in [5, 5.41) is 0. The molecule has 1 saturated carbocycles. The number of aryl methyl sites for hydroxylation is 1. The number of allylic oxidation sites excluding steroid dienone is 2. The van der Waals surface area contributed by atoms with E-state index in [1.165, 1.54) is 18.4 Å². The van der Waals surface area contributed by atoms with Crippen LogP contribution in [-0.4, -0.2) is 47.9 Å². The van der Waals surface area contributed by atoms with Crippen molar-refractivity contribution in [3.63, 3.8) is 0 Å². The van der Waals surface area contributed by atoms with E-state index in [0.29, 0.717) is 11.8 Å². The van der Waals surface area contributed by atoms with E-state index in [4.69, 9.17) is 0 Å². The lowest BCUT2D eigenvalue weighted by Gasteiger charge is -2.34. The Morgan fingerprint density at radius 2 is 1.79 bits per heavy atom. The van der Waals surface area contributed by atoms with Crippen LogP contribution in [0.1, 0.15) is 69.3 Å². The Balaban J connectivity index is 1.68. The molecule has 4 atom stereocenters. The van der Waals surface area contributed by atoms with Gasteiger partial charge in [-0.25, -0.2) is 0 Å². The van der Waals surface area contributed by atoms with Crippen molar-refractivity contribution in [2.75, 3.05) is 26.2 Å². The predicted octanol–water partition coefficient (Wildman–Crippen LogP) is 5.41. The van der Waals surface area contributed by atoms with Gasteiger partial charge in [-0.15, -0.1) is 0 Å². The van der Waals surface area contributed by atoms with E-state index in [1.807, 2.05) is 12.1 Å². The van der Waals surface area contributed by atoms with Crippen LogP contribution in [0.4, 0.5) is 0 Å². The summed E-state index contributed by atoms with van der Waals surface area (Å²) in [6, 6.07) is 8.55. The molecule has 2 bridgehead atoms. The molecule has 1 amide bonds. The normalized spacial score (nSPS) is 23.7. The number of fused-ring (bicyclic) bond motifs is 2. The van der Waals surface area contributed by atoms with E-state index in [2.05, 4.69) is 61.8 Å². The first-order valence-corrected chi connectivity index (χ1v) is 11.9. The van der Waals surface area contributed by atoms with Gasteiger partial charge in [-0.3, -0.25) is 4.79 Å². The van der Waals surface area contributed by atoms with E-state index >= 15 is 0 Å². The molecule has 2 aliphatic rings. The standard InChI is InChI=1S/C26H40N2O/c1-5-21-10-13-23(14-11-21)26(29)28(19-25-18-22-12-15-24(25)17-22)20(4)9-8-16-27(6-2)7-3/h10-15,20,22,24-25H,5-9,16-19H2,1-4H3. The molecule has 1 fully saturated rings. The van der Waals surface area contributed by atoms with Crippen molar-refractivity contribution in [3.8, 4) is 0 Å². The van der Waals surface area contributed by atoms with Gasteiger partial charge >= 0.3 is 0 Å². The minimum absolute atomic E-state index is 0.217. The Hall–Kier alpha value is -1.61. The summed E-state index contributed by atoms with van der Waals surface area (Å²) in [5.74, 6) is 2.29. The lowest BCUT2D eigenvalue weighted by molar-refractivity contribution is 0.0631. The largest absolute Gasteiger partial charge is 0.336 e. The molecule has 0 aromatic heterocycles. The molecular weight excluding hydrogens is 356 g/mol. The molecule has 0 spiro atoms. The maximum atomic E-state index is 13.5. The predicted molar refractivity (Wildman–Crippen MR) is 122 cm³/mol. The molecule has 1 aromatic rings. The van der Waals surface area contributed by atoms with E-state index in [1.54, 1.807) is 0 Å². The van der Waals surface area contributed by atoms with Crippen molar-refractivity contribution < 1.29 is 4.79 Å². The first kappa shape index (κ1) is 22.1. The molecule has 0 aliphatic heterocycles. The van der Waals surface area contributed by atoms with Crippen LogP contribution in [0.3, 0.4) is 0 Å². The fourth-order valence-electron chi connectivity index (χ4n) is 5.18. The van der Waals surface area contributed by atoms with Crippen LogP contribution in [0.2, 0.25) is 0 Å². The maximum Gasteiger partial charge on any atom is 0.254 e. The molecule has 1 aromatic carbocycles. The van der Waals surface area contributed by atoms with Gasteiger partial charge in [0, 0.05) is 18.2 Å². The van der Waals surface area contributed by atoms with Gasteiger partial charge in [0.1, 0.15) is 0 Å². The van der Waals surface area contributed by atoms with Gasteiger partial charge in [-0.05, 0) is 94.1 Å². The molecule has 0 radical (unpaired) electrons. The third-order valence-corrected chi connectivity index (χ3v) is 7.24. The van der Waals surface area contributed by atoms with Crippen molar-refractivity contribution in [2.24, 2.45) is 17.8 Å². The van der Waals surface area contributed by atoms with Gasteiger partial charge in [0.05, 0.1) is 0 Å². The summed E-state index contributed by atoms with van der Waals surface area (Å²) in [7, 11) is 0. The Morgan fingerprint density at radius 1 is 1.07 bits per heavy atom. The number of carbonyl (C=O) groups excluding carboxylic acids is 1. The highest BCUT2D eigenvalue weighted by atomic mass is 16.2. The number of hydrogen-bond acceptors (Lipinski definition) is 2. The highest BCUT2D eigenvalue weighted by Gasteiger charge is 2.38. The second-order valence-corrected chi connectivity index (χ2v) is 9.07. The van der Waals surface area contributed by atoms with Crippen molar-refractivity contribution >= 4 is 5.91 Å². The summed E-state index contributed by atoms with van der Waals surface area (Å²) in [6.07, 6.45) is 10.6. The number of amides is 1. The molecule has 0 saturated heterocycles. The topological polar surface area (TPSA) is 23.6 Å². The molecular formula is C26H40N2O.